The molecule has 0 aliphatic rings. The van der Waals surface area contributed by atoms with E-state index < -0.39 is 0 Å². The van der Waals surface area contributed by atoms with Gasteiger partial charge in [-0.05, 0) is 44.0 Å². The molecule has 0 spiro atoms. The maximum Gasteiger partial charge on any atom is 0.224 e. The summed E-state index contributed by atoms with van der Waals surface area (Å²) in [5.74, 6) is 0.985. The van der Waals surface area contributed by atoms with Crippen LogP contribution in [0.2, 0.25) is 0 Å². The van der Waals surface area contributed by atoms with E-state index in [0.29, 0.717) is 13.0 Å². The van der Waals surface area contributed by atoms with E-state index in [1.807, 2.05) is 6.07 Å². The second kappa shape index (κ2) is 8.04. The first-order valence-corrected chi connectivity index (χ1v) is 8.55. The number of aryl methyl sites for hydroxylation is 3. The zero-order valence-electron chi connectivity index (χ0n) is 13.5. The molecule has 2 nitrogen and oxygen atoms in total. The van der Waals surface area contributed by atoms with Crippen LogP contribution in [0, 0.1) is 20.8 Å². The lowest BCUT2D eigenvalue weighted by atomic mass is 10.0. The van der Waals surface area contributed by atoms with E-state index >= 15 is 0 Å². The Balaban J connectivity index is 1.72. The third-order valence-corrected chi connectivity index (χ3v) is 4.58. The summed E-state index contributed by atoms with van der Waals surface area (Å²) >= 11 is 1.77. The minimum absolute atomic E-state index is 0.0939. The molecule has 0 saturated heterocycles. The fourth-order valence-corrected chi connectivity index (χ4v) is 3.04. The Kier molecular flexibility index (Phi) is 6.08. The summed E-state index contributed by atoms with van der Waals surface area (Å²) in [6.45, 7) is 6.91. The maximum atomic E-state index is 12.0. The van der Waals surface area contributed by atoms with Gasteiger partial charge in [0.15, 0.2) is 0 Å². The molecule has 0 unspecified atom stereocenters. The van der Waals surface area contributed by atoms with E-state index in [9.17, 15) is 4.79 Å². The van der Waals surface area contributed by atoms with E-state index in [0.717, 1.165) is 11.3 Å². The molecule has 0 atom stereocenters. The Morgan fingerprint density at radius 1 is 1.00 bits per heavy atom. The Morgan fingerprint density at radius 3 is 2.36 bits per heavy atom. The Labute approximate surface area is 137 Å². The second-order valence-electron chi connectivity index (χ2n) is 5.62. The molecule has 0 fully saturated rings. The third kappa shape index (κ3) is 5.23. The van der Waals surface area contributed by atoms with Crippen LogP contribution in [0.15, 0.2) is 47.4 Å². The molecule has 0 aliphatic carbocycles. The number of hydrogen-bond donors (Lipinski definition) is 1. The number of benzene rings is 2. The summed E-state index contributed by atoms with van der Waals surface area (Å²) in [5.41, 5.74) is 4.79. The van der Waals surface area contributed by atoms with Crippen molar-refractivity contribution in [3.8, 4) is 0 Å². The van der Waals surface area contributed by atoms with Crippen molar-refractivity contribution in [3.63, 3.8) is 0 Å². The molecule has 0 heterocycles. The highest BCUT2D eigenvalue weighted by molar-refractivity contribution is 7.99. The molecule has 0 aliphatic heterocycles. The van der Waals surface area contributed by atoms with E-state index in [1.54, 1.807) is 11.8 Å². The average Bonchev–Trinajstić information content (AvgIpc) is 2.48. The molecular weight excluding hydrogens is 290 g/mol. The molecule has 0 saturated carbocycles. The van der Waals surface area contributed by atoms with Gasteiger partial charge < -0.3 is 5.32 Å². The van der Waals surface area contributed by atoms with Crippen LogP contribution in [0.5, 0.6) is 0 Å². The van der Waals surface area contributed by atoms with Gasteiger partial charge in [0.1, 0.15) is 0 Å². The van der Waals surface area contributed by atoms with Crippen LogP contribution >= 0.6 is 11.8 Å². The first kappa shape index (κ1) is 16.6. The molecule has 1 N–H and O–H groups in total. The third-order valence-electron chi connectivity index (χ3n) is 3.56. The van der Waals surface area contributed by atoms with Crippen LogP contribution < -0.4 is 5.32 Å². The second-order valence-corrected chi connectivity index (χ2v) is 6.79. The van der Waals surface area contributed by atoms with Gasteiger partial charge in [0.2, 0.25) is 5.91 Å². The van der Waals surface area contributed by atoms with Crippen LogP contribution in [0.25, 0.3) is 0 Å². The van der Waals surface area contributed by atoms with E-state index in [-0.39, 0.29) is 5.91 Å². The van der Waals surface area contributed by atoms with E-state index in [1.165, 1.54) is 21.6 Å². The van der Waals surface area contributed by atoms with Crippen molar-refractivity contribution in [2.24, 2.45) is 0 Å². The number of thioether (sulfide) groups is 1. The van der Waals surface area contributed by atoms with Crippen LogP contribution in [-0.2, 0) is 11.2 Å². The SMILES string of the molecule is Cc1ccc(SCCNC(=O)Cc2ccc(C)cc2C)cc1. The Bertz CT molecular complexity index is 634. The first-order valence-electron chi connectivity index (χ1n) is 7.57. The zero-order chi connectivity index (χ0) is 15.9. The van der Waals surface area contributed by atoms with Crippen molar-refractivity contribution in [3.05, 3.63) is 64.7 Å². The average molecular weight is 313 g/mol. The largest absolute Gasteiger partial charge is 0.355 e. The summed E-state index contributed by atoms with van der Waals surface area (Å²) < 4.78 is 0. The Hall–Kier alpha value is -1.74. The predicted molar refractivity (Wildman–Crippen MR) is 94.5 cm³/mol. The van der Waals surface area contributed by atoms with Gasteiger partial charge in [-0.1, -0.05) is 41.5 Å². The lowest BCUT2D eigenvalue weighted by Crippen LogP contribution is -2.27. The highest BCUT2D eigenvalue weighted by Gasteiger charge is 2.05. The van der Waals surface area contributed by atoms with Crippen LogP contribution in [0.3, 0.4) is 0 Å². The van der Waals surface area contributed by atoms with Crippen molar-refractivity contribution >= 4 is 17.7 Å². The fourth-order valence-electron chi connectivity index (χ4n) is 2.27. The number of amides is 1. The van der Waals surface area contributed by atoms with Crippen LogP contribution in [0.4, 0.5) is 0 Å². The van der Waals surface area contributed by atoms with Crippen LogP contribution in [-0.4, -0.2) is 18.2 Å². The summed E-state index contributed by atoms with van der Waals surface area (Å²) in [6, 6.07) is 14.7. The minimum Gasteiger partial charge on any atom is -0.355 e. The Morgan fingerprint density at radius 2 is 1.68 bits per heavy atom. The molecule has 2 aromatic rings. The van der Waals surface area contributed by atoms with Crippen molar-refractivity contribution < 1.29 is 4.79 Å². The van der Waals surface area contributed by atoms with Gasteiger partial charge in [-0.3, -0.25) is 4.79 Å². The van der Waals surface area contributed by atoms with Crippen LogP contribution in [0.1, 0.15) is 22.3 Å². The van der Waals surface area contributed by atoms with Crippen molar-refractivity contribution in [1.29, 1.82) is 0 Å². The number of nitrogens with one attached hydrogen (secondary N) is 1. The minimum atomic E-state index is 0.0939. The number of hydrogen-bond acceptors (Lipinski definition) is 2. The van der Waals surface area contributed by atoms with Crippen molar-refractivity contribution in [1.82, 2.24) is 5.32 Å². The molecule has 1 amide bonds. The van der Waals surface area contributed by atoms with Crippen molar-refractivity contribution in [2.75, 3.05) is 12.3 Å². The lowest BCUT2D eigenvalue weighted by Gasteiger charge is -2.08. The van der Waals surface area contributed by atoms with E-state index in [4.69, 9.17) is 0 Å². The highest BCUT2D eigenvalue weighted by Crippen LogP contribution is 2.17. The first-order chi connectivity index (χ1) is 10.5. The monoisotopic (exact) mass is 313 g/mol. The van der Waals surface area contributed by atoms with Gasteiger partial charge >= 0.3 is 0 Å². The smallest absolute Gasteiger partial charge is 0.224 e. The molecular formula is C19H23NOS. The molecule has 0 radical (unpaired) electrons. The van der Waals surface area contributed by atoms with Gasteiger partial charge in [0.25, 0.3) is 0 Å². The highest BCUT2D eigenvalue weighted by atomic mass is 32.2. The summed E-state index contributed by atoms with van der Waals surface area (Å²) in [4.78, 5) is 13.2. The topological polar surface area (TPSA) is 29.1 Å². The number of carbonyl (C=O) groups is 1. The summed E-state index contributed by atoms with van der Waals surface area (Å²) in [6.07, 6.45) is 0.460. The molecule has 2 aromatic carbocycles. The normalized spacial score (nSPS) is 10.5. The summed E-state index contributed by atoms with van der Waals surface area (Å²) in [5, 5.41) is 2.99. The molecule has 0 aromatic heterocycles. The van der Waals surface area contributed by atoms with Gasteiger partial charge in [0.05, 0.1) is 6.42 Å². The predicted octanol–water partition coefficient (Wildman–Crippen LogP) is 4.06. The van der Waals surface area contributed by atoms with Crippen molar-refractivity contribution in [2.45, 2.75) is 32.1 Å². The molecule has 2 rings (SSSR count). The van der Waals surface area contributed by atoms with E-state index in [2.05, 4.69) is 62.5 Å². The number of carbonyl (C=O) groups excluding carboxylic acids is 1. The van der Waals surface area contributed by atoms with Gasteiger partial charge in [-0.2, -0.15) is 0 Å². The molecule has 0 bridgehead atoms. The lowest BCUT2D eigenvalue weighted by molar-refractivity contribution is -0.120. The molecule has 22 heavy (non-hydrogen) atoms. The summed E-state index contributed by atoms with van der Waals surface area (Å²) in [7, 11) is 0. The number of rotatable bonds is 6. The van der Waals surface area contributed by atoms with Gasteiger partial charge in [0, 0.05) is 17.2 Å². The zero-order valence-corrected chi connectivity index (χ0v) is 14.3. The van der Waals surface area contributed by atoms with Gasteiger partial charge in [-0.25, -0.2) is 0 Å². The maximum absolute atomic E-state index is 12.0. The quantitative estimate of drug-likeness (QED) is 0.643. The fraction of sp³-hybridized carbons (Fsp3) is 0.316. The standard InChI is InChI=1S/C19H23NOS/c1-14-5-8-18(9-6-14)22-11-10-20-19(21)13-17-7-4-15(2)12-16(17)3/h4-9,12H,10-11,13H2,1-3H3,(H,20,21). The molecule has 3 heteroatoms. The van der Waals surface area contributed by atoms with Gasteiger partial charge in [-0.15, -0.1) is 11.8 Å². The molecule has 116 valence electrons.